The Morgan fingerprint density at radius 1 is 1.35 bits per heavy atom. The second-order valence-electron chi connectivity index (χ2n) is 3.94. The maximum atomic E-state index is 11.0. The quantitative estimate of drug-likeness (QED) is 0.729. The number of aromatic hydroxyl groups is 1. The van der Waals surface area contributed by atoms with E-state index in [0.717, 1.165) is 21.4 Å². The van der Waals surface area contributed by atoms with Crippen molar-refractivity contribution in [1.29, 1.82) is 0 Å². The van der Waals surface area contributed by atoms with Crippen molar-refractivity contribution >= 4 is 50.0 Å². The van der Waals surface area contributed by atoms with Crippen molar-refractivity contribution < 1.29 is 9.90 Å². The van der Waals surface area contributed by atoms with Crippen LogP contribution in [-0.4, -0.2) is 22.2 Å². The fraction of sp³-hybridized carbons (Fsp3) is 0. The Balaban J connectivity index is 1.93. The van der Waals surface area contributed by atoms with Crippen molar-refractivity contribution in [2.45, 2.75) is 0 Å². The summed E-state index contributed by atoms with van der Waals surface area (Å²) in [6.07, 6.45) is 2.94. The van der Waals surface area contributed by atoms with E-state index in [2.05, 4.69) is 9.98 Å². The van der Waals surface area contributed by atoms with Gasteiger partial charge in [0.2, 0.25) is 5.13 Å². The standard InChI is InChI=1S/C13H9N3O2S2/c14-12(18)10-6-16-13(20-10)15-5-9-11(17)7-3-1-2-4-8(7)19-9/h1-6,17H,(H2,14,18). The van der Waals surface area contributed by atoms with Gasteiger partial charge in [0.05, 0.1) is 17.3 Å². The molecule has 0 saturated carbocycles. The van der Waals surface area contributed by atoms with Gasteiger partial charge in [-0.2, -0.15) is 0 Å². The lowest BCUT2D eigenvalue weighted by molar-refractivity contribution is 0.100. The van der Waals surface area contributed by atoms with Gasteiger partial charge < -0.3 is 10.8 Å². The molecule has 3 N–H and O–H groups in total. The fourth-order valence-electron chi connectivity index (χ4n) is 1.69. The predicted octanol–water partition coefficient (Wildman–Crippen LogP) is 2.91. The minimum absolute atomic E-state index is 0.209. The zero-order valence-corrected chi connectivity index (χ0v) is 11.7. The summed E-state index contributed by atoms with van der Waals surface area (Å²) in [6.45, 7) is 0. The zero-order chi connectivity index (χ0) is 14.1. The number of rotatable bonds is 3. The van der Waals surface area contributed by atoms with Crippen LogP contribution in [0, 0.1) is 0 Å². The molecule has 1 aromatic carbocycles. The predicted molar refractivity (Wildman–Crippen MR) is 81.4 cm³/mol. The second kappa shape index (κ2) is 5.03. The van der Waals surface area contributed by atoms with Crippen LogP contribution in [-0.2, 0) is 0 Å². The molecule has 0 aliphatic heterocycles. The zero-order valence-electron chi connectivity index (χ0n) is 10.1. The molecule has 0 bridgehead atoms. The Bertz CT molecular complexity index is 820. The number of aliphatic imine (C=N–C) groups is 1. The molecule has 2 heterocycles. The molecule has 5 nitrogen and oxygen atoms in total. The molecule has 0 radical (unpaired) electrons. The average Bonchev–Trinajstić information content (AvgIpc) is 3.03. The van der Waals surface area contributed by atoms with Gasteiger partial charge in [0.25, 0.3) is 5.91 Å². The van der Waals surface area contributed by atoms with Gasteiger partial charge in [0.1, 0.15) is 10.6 Å². The molecular formula is C13H9N3O2S2. The lowest BCUT2D eigenvalue weighted by Gasteiger charge is -1.89. The molecule has 20 heavy (non-hydrogen) atoms. The summed E-state index contributed by atoms with van der Waals surface area (Å²) in [5.41, 5.74) is 5.15. The van der Waals surface area contributed by atoms with E-state index in [-0.39, 0.29) is 5.75 Å². The summed E-state index contributed by atoms with van der Waals surface area (Å²) in [4.78, 5) is 20.1. The van der Waals surface area contributed by atoms with Crippen molar-refractivity contribution in [2.24, 2.45) is 10.7 Å². The average molecular weight is 303 g/mol. The molecule has 0 fully saturated rings. The molecule has 0 saturated heterocycles. The van der Waals surface area contributed by atoms with Crippen LogP contribution in [0.5, 0.6) is 5.75 Å². The number of fused-ring (bicyclic) bond motifs is 1. The maximum absolute atomic E-state index is 11.0. The number of carbonyl (C=O) groups is 1. The van der Waals surface area contributed by atoms with Crippen molar-refractivity contribution in [1.82, 2.24) is 4.98 Å². The Labute approximate surface area is 122 Å². The first-order valence-corrected chi connectivity index (χ1v) is 7.28. The van der Waals surface area contributed by atoms with Crippen LogP contribution in [0.1, 0.15) is 14.5 Å². The van der Waals surface area contributed by atoms with Crippen molar-refractivity contribution in [2.75, 3.05) is 0 Å². The molecule has 0 atom stereocenters. The van der Waals surface area contributed by atoms with E-state index in [9.17, 15) is 9.90 Å². The van der Waals surface area contributed by atoms with Crippen molar-refractivity contribution in [3.63, 3.8) is 0 Å². The van der Waals surface area contributed by atoms with Crippen molar-refractivity contribution in [3.8, 4) is 5.75 Å². The highest BCUT2D eigenvalue weighted by atomic mass is 32.1. The summed E-state index contributed by atoms with van der Waals surface area (Å²) in [6, 6.07) is 7.58. The van der Waals surface area contributed by atoms with Gasteiger partial charge in [-0.3, -0.25) is 4.79 Å². The van der Waals surface area contributed by atoms with E-state index in [1.807, 2.05) is 24.3 Å². The van der Waals surface area contributed by atoms with E-state index >= 15 is 0 Å². The van der Waals surface area contributed by atoms with Gasteiger partial charge in [-0.05, 0) is 12.1 Å². The lowest BCUT2D eigenvalue weighted by atomic mass is 10.2. The molecular weight excluding hydrogens is 294 g/mol. The van der Waals surface area contributed by atoms with E-state index in [1.54, 1.807) is 6.21 Å². The Morgan fingerprint density at radius 2 is 2.15 bits per heavy atom. The molecule has 3 aromatic rings. The van der Waals surface area contributed by atoms with Crippen LogP contribution in [0.2, 0.25) is 0 Å². The van der Waals surface area contributed by atoms with Gasteiger partial charge in [-0.15, -0.1) is 11.3 Å². The van der Waals surface area contributed by atoms with E-state index in [0.29, 0.717) is 14.9 Å². The summed E-state index contributed by atoms with van der Waals surface area (Å²) in [5.74, 6) is -0.310. The first kappa shape index (κ1) is 12.8. The number of thiophene rings is 1. The summed E-state index contributed by atoms with van der Waals surface area (Å²) in [5, 5.41) is 11.3. The molecule has 0 spiro atoms. The van der Waals surface area contributed by atoms with Gasteiger partial charge in [0.15, 0.2) is 0 Å². The number of amides is 1. The third-order valence-corrected chi connectivity index (χ3v) is 4.64. The van der Waals surface area contributed by atoms with Crippen LogP contribution in [0.25, 0.3) is 10.1 Å². The minimum atomic E-state index is -0.520. The molecule has 0 aliphatic carbocycles. The second-order valence-corrected chi connectivity index (χ2v) is 6.03. The van der Waals surface area contributed by atoms with E-state index < -0.39 is 5.91 Å². The normalized spacial score (nSPS) is 11.4. The summed E-state index contributed by atoms with van der Waals surface area (Å²) >= 11 is 2.55. The monoisotopic (exact) mass is 303 g/mol. The highest BCUT2D eigenvalue weighted by Crippen LogP contribution is 2.35. The summed E-state index contributed by atoms with van der Waals surface area (Å²) < 4.78 is 0.989. The highest BCUT2D eigenvalue weighted by Gasteiger charge is 2.09. The Morgan fingerprint density at radius 3 is 2.85 bits per heavy atom. The number of nitrogens with two attached hydrogens (primary N) is 1. The number of hydrogen-bond donors (Lipinski definition) is 2. The third-order valence-electron chi connectivity index (χ3n) is 2.62. The highest BCUT2D eigenvalue weighted by molar-refractivity contribution is 7.21. The number of hydrogen-bond acceptors (Lipinski definition) is 6. The molecule has 0 unspecified atom stereocenters. The molecule has 100 valence electrons. The third kappa shape index (κ3) is 2.28. The van der Waals surface area contributed by atoms with Crippen LogP contribution >= 0.6 is 22.7 Å². The molecule has 3 rings (SSSR count). The first-order valence-electron chi connectivity index (χ1n) is 5.65. The number of aromatic nitrogens is 1. The lowest BCUT2D eigenvalue weighted by Crippen LogP contribution is -2.08. The fourth-order valence-corrected chi connectivity index (χ4v) is 3.27. The number of nitrogens with zero attached hydrogens (tertiary/aromatic N) is 2. The largest absolute Gasteiger partial charge is 0.506 e. The van der Waals surface area contributed by atoms with E-state index in [1.165, 1.54) is 17.5 Å². The topological polar surface area (TPSA) is 88.6 Å². The Hall–Kier alpha value is -2.25. The first-order chi connectivity index (χ1) is 9.65. The SMILES string of the molecule is NC(=O)c1cnc(N=Cc2sc3ccccc3c2O)s1. The van der Waals surface area contributed by atoms with Gasteiger partial charge in [0, 0.05) is 10.1 Å². The van der Waals surface area contributed by atoms with Crippen molar-refractivity contribution in [3.05, 3.63) is 40.2 Å². The smallest absolute Gasteiger partial charge is 0.260 e. The molecule has 0 aliphatic rings. The number of benzene rings is 1. The number of carbonyl (C=O) groups excluding carboxylic acids is 1. The minimum Gasteiger partial charge on any atom is -0.506 e. The van der Waals surface area contributed by atoms with Crippen LogP contribution in [0.4, 0.5) is 5.13 Å². The van der Waals surface area contributed by atoms with Crippen LogP contribution < -0.4 is 5.73 Å². The molecule has 2 aromatic heterocycles. The number of thiazole rings is 1. The van der Waals surface area contributed by atoms with Gasteiger partial charge in [-0.25, -0.2) is 9.98 Å². The number of primary amides is 1. The molecule has 7 heteroatoms. The van der Waals surface area contributed by atoms with E-state index in [4.69, 9.17) is 5.73 Å². The van der Waals surface area contributed by atoms with Crippen LogP contribution in [0.3, 0.4) is 0 Å². The van der Waals surface area contributed by atoms with Gasteiger partial charge >= 0.3 is 0 Å². The summed E-state index contributed by atoms with van der Waals surface area (Å²) in [7, 11) is 0. The van der Waals surface area contributed by atoms with Crippen LogP contribution in [0.15, 0.2) is 35.5 Å². The maximum Gasteiger partial charge on any atom is 0.260 e. The Kier molecular flexibility index (Phi) is 3.21. The van der Waals surface area contributed by atoms with Gasteiger partial charge in [-0.1, -0.05) is 23.5 Å². The molecule has 1 amide bonds.